The van der Waals surface area contributed by atoms with E-state index in [0.717, 1.165) is 28.4 Å². The Labute approximate surface area is 140 Å². The van der Waals surface area contributed by atoms with Crippen LogP contribution in [0.25, 0.3) is 11.0 Å². The first kappa shape index (κ1) is 15.5. The Morgan fingerprint density at radius 1 is 1.29 bits per heavy atom. The lowest BCUT2D eigenvalue weighted by molar-refractivity contribution is 0.359. The Morgan fingerprint density at radius 2 is 2.05 bits per heavy atom. The van der Waals surface area contributed by atoms with Crippen molar-refractivity contribution in [2.45, 2.75) is 49.3 Å². The molecule has 0 bridgehead atoms. The molecule has 0 amide bonds. The van der Waals surface area contributed by atoms with Crippen molar-refractivity contribution in [1.82, 2.24) is 9.55 Å². The fourth-order valence-electron chi connectivity index (χ4n) is 3.37. The van der Waals surface area contributed by atoms with Crippen LogP contribution in [0, 0.1) is 0 Å². The van der Waals surface area contributed by atoms with Gasteiger partial charge in [-0.2, -0.15) is 11.8 Å². The molecule has 0 atom stereocenters. The van der Waals surface area contributed by atoms with E-state index in [0.29, 0.717) is 10.6 Å². The summed E-state index contributed by atoms with van der Waals surface area (Å²) in [7, 11) is 0. The van der Waals surface area contributed by atoms with Gasteiger partial charge in [0, 0.05) is 11.3 Å². The molecule has 1 aromatic heterocycles. The standard InChI is InChI=1S/C16H20Cl2N2S/c1-21-16(8-3-2-4-9-16)11-20-14(10-17)19-13-7-5-6-12(18)15(13)20/h5-7H,2-4,8-11H2,1H3. The molecule has 3 rings (SSSR count). The monoisotopic (exact) mass is 342 g/mol. The number of hydrogen-bond acceptors (Lipinski definition) is 2. The van der Waals surface area contributed by atoms with E-state index in [1.54, 1.807) is 0 Å². The van der Waals surface area contributed by atoms with E-state index >= 15 is 0 Å². The van der Waals surface area contributed by atoms with E-state index in [2.05, 4.69) is 15.8 Å². The maximum Gasteiger partial charge on any atom is 0.124 e. The van der Waals surface area contributed by atoms with Crippen LogP contribution in [0.3, 0.4) is 0 Å². The molecule has 114 valence electrons. The van der Waals surface area contributed by atoms with E-state index in [-0.39, 0.29) is 0 Å². The van der Waals surface area contributed by atoms with Crippen LogP contribution < -0.4 is 0 Å². The number of halogens is 2. The molecule has 0 unspecified atom stereocenters. The molecule has 0 radical (unpaired) electrons. The zero-order valence-corrected chi connectivity index (χ0v) is 14.6. The molecule has 5 heteroatoms. The number of fused-ring (bicyclic) bond motifs is 1. The van der Waals surface area contributed by atoms with E-state index in [4.69, 9.17) is 23.2 Å². The lowest BCUT2D eigenvalue weighted by Crippen LogP contribution is -2.33. The molecule has 0 aliphatic heterocycles. The number of aromatic nitrogens is 2. The van der Waals surface area contributed by atoms with E-state index < -0.39 is 0 Å². The third kappa shape index (κ3) is 2.93. The van der Waals surface area contributed by atoms with Gasteiger partial charge in [-0.1, -0.05) is 36.9 Å². The average Bonchev–Trinajstić information content (AvgIpc) is 2.87. The van der Waals surface area contributed by atoms with Crippen LogP contribution in [0.5, 0.6) is 0 Å². The van der Waals surface area contributed by atoms with Crippen molar-refractivity contribution >= 4 is 46.0 Å². The van der Waals surface area contributed by atoms with Gasteiger partial charge in [0.25, 0.3) is 0 Å². The maximum atomic E-state index is 6.43. The van der Waals surface area contributed by atoms with Gasteiger partial charge in [0.1, 0.15) is 5.82 Å². The van der Waals surface area contributed by atoms with Crippen molar-refractivity contribution < 1.29 is 0 Å². The molecule has 1 aromatic carbocycles. The van der Waals surface area contributed by atoms with Gasteiger partial charge < -0.3 is 4.57 Å². The van der Waals surface area contributed by atoms with Gasteiger partial charge in [-0.3, -0.25) is 0 Å². The highest BCUT2D eigenvalue weighted by Gasteiger charge is 2.33. The van der Waals surface area contributed by atoms with Gasteiger partial charge in [-0.25, -0.2) is 4.98 Å². The molecule has 1 fully saturated rings. The Kier molecular flexibility index (Phi) is 4.72. The SMILES string of the molecule is CSC1(Cn2c(CCl)nc3cccc(Cl)c32)CCCCC1. The van der Waals surface area contributed by atoms with Gasteiger partial charge >= 0.3 is 0 Å². The van der Waals surface area contributed by atoms with Gasteiger partial charge in [-0.05, 0) is 31.2 Å². The number of rotatable bonds is 4. The average molecular weight is 343 g/mol. The minimum Gasteiger partial charge on any atom is -0.324 e. The highest BCUT2D eigenvalue weighted by Crippen LogP contribution is 2.41. The number of nitrogens with zero attached hydrogens (tertiary/aromatic N) is 2. The second-order valence-corrected chi connectivity index (χ2v) is 7.75. The lowest BCUT2D eigenvalue weighted by atomic mass is 9.88. The summed E-state index contributed by atoms with van der Waals surface area (Å²) in [6.45, 7) is 0.955. The number of benzene rings is 1. The summed E-state index contributed by atoms with van der Waals surface area (Å²) >= 11 is 14.5. The fraction of sp³-hybridized carbons (Fsp3) is 0.562. The number of para-hydroxylation sites is 1. The van der Waals surface area contributed by atoms with Crippen molar-refractivity contribution in [3.63, 3.8) is 0 Å². The van der Waals surface area contributed by atoms with Crippen LogP contribution >= 0.6 is 35.0 Å². The second kappa shape index (κ2) is 6.39. The van der Waals surface area contributed by atoms with Crippen LogP contribution in [0.2, 0.25) is 5.02 Å². The Morgan fingerprint density at radius 3 is 2.71 bits per heavy atom. The molecule has 1 heterocycles. The summed E-state index contributed by atoms with van der Waals surface area (Å²) in [4.78, 5) is 4.66. The van der Waals surface area contributed by atoms with Crippen molar-refractivity contribution in [2.75, 3.05) is 6.26 Å². The predicted molar refractivity (Wildman–Crippen MR) is 93.6 cm³/mol. The zero-order valence-electron chi connectivity index (χ0n) is 12.2. The Hall–Kier alpha value is -0.380. The minimum absolute atomic E-state index is 0.297. The molecule has 2 aromatic rings. The molecule has 1 aliphatic rings. The van der Waals surface area contributed by atoms with Crippen LogP contribution in [0.4, 0.5) is 0 Å². The van der Waals surface area contributed by atoms with Crippen LogP contribution in [-0.4, -0.2) is 20.6 Å². The normalized spacial score (nSPS) is 18.2. The highest BCUT2D eigenvalue weighted by atomic mass is 35.5. The first-order chi connectivity index (χ1) is 10.2. The summed E-state index contributed by atoms with van der Waals surface area (Å²) in [5.41, 5.74) is 1.99. The fourth-order valence-corrected chi connectivity index (χ4v) is 4.80. The molecule has 1 aliphatic carbocycles. The topological polar surface area (TPSA) is 17.8 Å². The summed E-state index contributed by atoms with van der Waals surface area (Å²) in [5.74, 6) is 1.36. The highest BCUT2D eigenvalue weighted by molar-refractivity contribution is 8.00. The molecule has 0 spiro atoms. The molecular formula is C16H20Cl2N2S. The van der Waals surface area contributed by atoms with Gasteiger partial charge in [0.05, 0.1) is 21.9 Å². The molecule has 21 heavy (non-hydrogen) atoms. The predicted octanol–water partition coefficient (Wildman–Crippen LogP) is 5.49. The van der Waals surface area contributed by atoms with Crippen LogP contribution in [0.1, 0.15) is 37.9 Å². The summed E-state index contributed by atoms with van der Waals surface area (Å²) in [6, 6.07) is 5.90. The van der Waals surface area contributed by atoms with Crippen molar-refractivity contribution in [1.29, 1.82) is 0 Å². The van der Waals surface area contributed by atoms with Gasteiger partial charge in [0.15, 0.2) is 0 Å². The number of alkyl halides is 1. The summed E-state index contributed by atoms with van der Waals surface area (Å²) in [6.07, 6.45) is 8.75. The number of imidazole rings is 1. The largest absolute Gasteiger partial charge is 0.324 e. The Bertz CT molecular complexity index is 632. The number of hydrogen-bond donors (Lipinski definition) is 0. The summed E-state index contributed by atoms with van der Waals surface area (Å²) in [5, 5.41) is 0.767. The molecule has 0 saturated heterocycles. The van der Waals surface area contributed by atoms with E-state index in [9.17, 15) is 0 Å². The van der Waals surface area contributed by atoms with Crippen molar-refractivity contribution in [3.8, 4) is 0 Å². The first-order valence-electron chi connectivity index (χ1n) is 7.44. The maximum absolute atomic E-state index is 6.43. The second-order valence-electron chi connectivity index (χ2n) is 5.80. The van der Waals surface area contributed by atoms with E-state index in [1.165, 1.54) is 32.1 Å². The smallest absolute Gasteiger partial charge is 0.124 e. The first-order valence-corrected chi connectivity index (χ1v) is 9.57. The Balaban J connectivity index is 2.06. The van der Waals surface area contributed by atoms with Crippen molar-refractivity contribution in [2.24, 2.45) is 0 Å². The number of thioether (sulfide) groups is 1. The van der Waals surface area contributed by atoms with Crippen LogP contribution in [-0.2, 0) is 12.4 Å². The van der Waals surface area contributed by atoms with Gasteiger partial charge in [0.2, 0.25) is 0 Å². The summed E-state index contributed by atoms with van der Waals surface area (Å²) < 4.78 is 2.55. The lowest BCUT2D eigenvalue weighted by Gasteiger charge is -2.36. The van der Waals surface area contributed by atoms with Crippen molar-refractivity contribution in [3.05, 3.63) is 29.0 Å². The molecule has 1 saturated carbocycles. The minimum atomic E-state index is 0.297. The third-order valence-corrected chi connectivity index (χ3v) is 6.51. The quantitative estimate of drug-likeness (QED) is 0.683. The molecule has 0 N–H and O–H groups in total. The zero-order chi connectivity index (χ0) is 14.9. The van der Waals surface area contributed by atoms with Gasteiger partial charge in [-0.15, -0.1) is 11.6 Å². The molecular weight excluding hydrogens is 323 g/mol. The van der Waals surface area contributed by atoms with Crippen LogP contribution in [0.15, 0.2) is 18.2 Å². The van der Waals surface area contributed by atoms with E-state index in [1.807, 2.05) is 30.0 Å². The molecule has 2 nitrogen and oxygen atoms in total. The third-order valence-electron chi connectivity index (χ3n) is 4.56.